The predicted octanol–water partition coefficient (Wildman–Crippen LogP) is 7.47. The lowest BCUT2D eigenvalue weighted by atomic mass is 10.1. The zero-order valence-electron chi connectivity index (χ0n) is 24.8. The Morgan fingerprint density at radius 1 is 0.757 bits per heavy atom. The molecule has 1 aliphatic rings. The minimum atomic E-state index is -2.45. The number of ether oxygens (including phenoxy) is 1. The Labute approximate surface area is 228 Å². The summed E-state index contributed by atoms with van der Waals surface area (Å²) in [5.41, 5.74) is 1.34. The lowest BCUT2D eigenvalue weighted by Crippen LogP contribution is -2.66. The lowest BCUT2D eigenvalue weighted by Gasteiger charge is -2.43. The molecule has 3 rings (SSSR count). The van der Waals surface area contributed by atoms with E-state index in [1.165, 1.54) is 15.9 Å². The fraction of sp³-hybridized carbons (Fsp3) is 0.562. The van der Waals surface area contributed by atoms with Gasteiger partial charge in [0.2, 0.25) is 0 Å². The summed E-state index contributed by atoms with van der Waals surface area (Å²) in [7, 11) is -4.22. The standard InChI is InChI=1S/C32H50O3Si2/c1-26-24-27(25-34-36(8,9)31(2,3)4)35-30(26)22-16-17-23-33-37(32(5,6)7,28-18-12-10-13-19-28)29-20-14-11-15-21-29/h10-15,18-21,24,27,30H,16-17,22-23,25H2,1-9H3. The Morgan fingerprint density at radius 2 is 1.30 bits per heavy atom. The van der Waals surface area contributed by atoms with E-state index in [0.29, 0.717) is 6.61 Å². The van der Waals surface area contributed by atoms with E-state index in [2.05, 4.69) is 128 Å². The molecule has 1 aliphatic heterocycles. The smallest absolute Gasteiger partial charge is 0.261 e. The van der Waals surface area contributed by atoms with Gasteiger partial charge in [0.15, 0.2) is 8.32 Å². The number of hydrogen-bond donors (Lipinski definition) is 0. The van der Waals surface area contributed by atoms with Gasteiger partial charge in [-0.1, -0.05) is 108 Å². The van der Waals surface area contributed by atoms with Crippen molar-refractivity contribution in [3.05, 3.63) is 72.3 Å². The summed E-state index contributed by atoms with van der Waals surface area (Å²) in [5, 5.41) is 2.92. The first-order chi connectivity index (χ1) is 17.3. The van der Waals surface area contributed by atoms with E-state index in [-0.39, 0.29) is 22.3 Å². The monoisotopic (exact) mass is 538 g/mol. The molecule has 0 aromatic heterocycles. The van der Waals surface area contributed by atoms with Crippen molar-refractivity contribution in [1.82, 2.24) is 0 Å². The maximum absolute atomic E-state index is 7.05. The molecule has 2 atom stereocenters. The van der Waals surface area contributed by atoms with Crippen LogP contribution in [0.4, 0.5) is 0 Å². The largest absolute Gasteiger partial charge is 0.414 e. The SMILES string of the molecule is CC1=CC(CO[Si](C)(C)C(C)(C)C)OC1CCCCO[Si](c1ccccc1)(c1ccccc1)C(C)(C)C. The van der Waals surface area contributed by atoms with Gasteiger partial charge in [-0.05, 0) is 65.3 Å². The van der Waals surface area contributed by atoms with Crippen molar-refractivity contribution in [2.45, 2.75) is 103 Å². The highest BCUT2D eigenvalue weighted by Crippen LogP contribution is 2.38. The summed E-state index contributed by atoms with van der Waals surface area (Å²) < 4.78 is 19.9. The summed E-state index contributed by atoms with van der Waals surface area (Å²) in [4.78, 5) is 0. The average molecular weight is 539 g/mol. The van der Waals surface area contributed by atoms with Crippen molar-refractivity contribution < 1.29 is 13.6 Å². The van der Waals surface area contributed by atoms with E-state index in [0.717, 1.165) is 25.9 Å². The number of benzene rings is 2. The Kier molecular flexibility index (Phi) is 9.84. The second-order valence-corrected chi connectivity index (χ2v) is 22.3. The molecule has 0 saturated carbocycles. The van der Waals surface area contributed by atoms with Gasteiger partial charge in [0, 0.05) is 6.61 Å². The van der Waals surface area contributed by atoms with Crippen LogP contribution < -0.4 is 10.4 Å². The molecule has 0 bridgehead atoms. The maximum atomic E-state index is 7.05. The molecule has 1 heterocycles. The van der Waals surface area contributed by atoms with E-state index in [4.69, 9.17) is 13.6 Å². The van der Waals surface area contributed by atoms with Gasteiger partial charge in [-0.15, -0.1) is 0 Å². The van der Waals surface area contributed by atoms with Gasteiger partial charge < -0.3 is 13.6 Å². The van der Waals surface area contributed by atoms with Crippen molar-refractivity contribution in [3.63, 3.8) is 0 Å². The van der Waals surface area contributed by atoms with Crippen LogP contribution in [-0.2, 0) is 13.6 Å². The molecule has 3 nitrogen and oxygen atoms in total. The first-order valence-electron chi connectivity index (χ1n) is 14.0. The molecule has 5 heteroatoms. The normalized spacial score (nSPS) is 19.2. The third kappa shape index (κ3) is 7.13. The Balaban J connectivity index is 1.58. The van der Waals surface area contributed by atoms with Crippen LogP contribution in [0, 0.1) is 0 Å². The zero-order valence-corrected chi connectivity index (χ0v) is 26.8. The molecular formula is C32H50O3Si2. The molecule has 0 radical (unpaired) electrons. The molecule has 0 saturated heterocycles. The molecule has 0 N–H and O–H groups in total. The first-order valence-corrected chi connectivity index (χ1v) is 18.8. The van der Waals surface area contributed by atoms with Crippen LogP contribution in [0.3, 0.4) is 0 Å². The van der Waals surface area contributed by atoms with Gasteiger partial charge in [-0.3, -0.25) is 0 Å². The van der Waals surface area contributed by atoms with Gasteiger partial charge in [0.25, 0.3) is 8.32 Å². The van der Waals surface area contributed by atoms with Gasteiger partial charge in [-0.25, -0.2) is 0 Å². The fourth-order valence-electron chi connectivity index (χ4n) is 5.07. The second-order valence-electron chi connectivity index (χ2n) is 13.2. The minimum Gasteiger partial charge on any atom is -0.414 e. The summed E-state index contributed by atoms with van der Waals surface area (Å²) >= 11 is 0. The minimum absolute atomic E-state index is 0.0148. The van der Waals surface area contributed by atoms with Gasteiger partial charge >= 0.3 is 0 Å². The van der Waals surface area contributed by atoms with Crippen LogP contribution in [0.1, 0.15) is 67.7 Å². The molecule has 0 amide bonds. The number of rotatable bonds is 11. The third-order valence-electron chi connectivity index (χ3n) is 8.31. The molecule has 0 spiro atoms. The molecular weight excluding hydrogens is 489 g/mol. The average Bonchev–Trinajstić information content (AvgIpc) is 3.19. The highest BCUT2D eigenvalue weighted by molar-refractivity contribution is 6.99. The van der Waals surface area contributed by atoms with Crippen LogP contribution in [0.2, 0.25) is 23.2 Å². The molecule has 37 heavy (non-hydrogen) atoms. The van der Waals surface area contributed by atoms with Crippen LogP contribution in [0.15, 0.2) is 72.3 Å². The second kappa shape index (κ2) is 12.1. The Hall–Kier alpha value is -1.51. The van der Waals surface area contributed by atoms with Crippen molar-refractivity contribution in [2.75, 3.05) is 13.2 Å². The first kappa shape index (κ1) is 30.0. The van der Waals surface area contributed by atoms with E-state index in [1.54, 1.807) is 0 Å². The van der Waals surface area contributed by atoms with Gasteiger partial charge in [0.1, 0.15) is 0 Å². The van der Waals surface area contributed by atoms with Crippen LogP contribution in [0.25, 0.3) is 0 Å². The van der Waals surface area contributed by atoms with Crippen LogP contribution in [-0.4, -0.2) is 42.1 Å². The Bertz CT molecular complexity index is 964. The Morgan fingerprint density at radius 3 is 1.78 bits per heavy atom. The van der Waals surface area contributed by atoms with Crippen molar-refractivity contribution in [1.29, 1.82) is 0 Å². The molecule has 0 fully saturated rings. The summed E-state index contributed by atoms with van der Waals surface area (Å²) in [6, 6.07) is 21.8. The highest BCUT2D eigenvalue weighted by Gasteiger charge is 2.50. The molecule has 2 unspecified atom stereocenters. The van der Waals surface area contributed by atoms with Gasteiger partial charge in [0.05, 0.1) is 18.8 Å². The maximum Gasteiger partial charge on any atom is 0.261 e. The van der Waals surface area contributed by atoms with E-state index >= 15 is 0 Å². The quantitative estimate of drug-likeness (QED) is 0.169. The third-order valence-corrected chi connectivity index (χ3v) is 17.8. The van der Waals surface area contributed by atoms with E-state index in [9.17, 15) is 0 Å². The van der Waals surface area contributed by atoms with Gasteiger partial charge in [-0.2, -0.15) is 0 Å². The number of hydrogen-bond acceptors (Lipinski definition) is 3. The van der Waals surface area contributed by atoms with Crippen LogP contribution >= 0.6 is 0 Å². The zero-order chi connectivity index (χ0) is 27.3. The van der Waals surface area contributed by atoms with E-state index in [1.807, 2.05) is 0 Å². The predicted molar refractivity (Wildman–Crippen MR) is 163 cm³/mol. The van der Waals surface area contributed by atoms with Crippen molar-refractivity contribution >= 4 is 27.0 Å². The van der Waals surface area contributed by atoms with E-state index < -0.39 is 16.6 Å². The molecule has 204 valence electrons. The summed E-state index contributed by atoms with van der Waals surface area (Å²) in [5.74, 6) is 0. The van der Waals surface area contributed by atoms with Crippen LogP contribution in [0.5, 0.6) is 0 Å². The highest BCUT2D eigenvalue weighted by atomic mass is 28.4. The molecule has 2 aromatic rings. The number of unbranched alkanes of at least 4 members (excludes halogenated alkanes) is 1. The lowest BCUT2D eigenvalue weighted by molar-refractivity contribution is 0.0208. The summed E-state index contributed by atoms with van der Waals surface area (Å²) in [6.07, 6.45) is 5.69. The molecule has 2 aromatic carbocycles. The topological polar surface area (TPSA) is 27.7 Å². The van der Waals surface area contributed by atoms with Crippen molar-refractivity contribution in [2.24, 2.45) is 0 Å². The molecule has 0 aliphatic carbocycles. The van der Waals surface area contributed by atoms with Crippen molar-refractivity contribution in [3.8, 4) is 0 Å². The summed E-state index contributed by atoms with van der Waals surface area (Å²) in [6.45, 7) is 22.1. The fourth-order valence-corrected chi connectivity index (χ4v) is 10.7.